The molecule has 0 bridgehead atoms. The molecule has 0 radical (unpaired) electrons. The van der Waals surface area contributed by atoms with Gasteiger partial charge >= 0.3 is 12.2 Å². The Balaban J connectivity index is 0.000000247. The van der Waals surface area contributed by atoms with E-state index in [2.05, 4.69) is 90.5 Å². The molecule has 0 spiro atoms. The molecule has 2 fully saturated rings. The van der Waals surface area contributed by atoms with Crippen molar-refractivity contribution < 1.29 is 24.5 Å². The van der Waals surface area contributed by atoms with E-state index < -0.39 is 12.2 Å². The number of ether oxygens (including phenoxy) is 1. The largest absolute Gasteiger partial charge is 0.465 e. The van der Waals surface area contributed by atoms with Gasteiger partial charge in [0, 0.05) is 33.5 Å². The molecule has 2 aliphatic rings. The van der Waals surface area contributed by atoms with Gasteiger partial charge in [-0.05, 0) is 141 Å². The highest BCUT2D eigenvalue weighted by Gasteiger charge is 2.36. The van der Waals surface area contributed by atoms with Crippen molar-refractivity contribution in [3.63, 3.8) is 0 Å². The number of piperidine rings is 2. The van der Waals surface area contributed by atoms with Crippen molar-refractivity contribution >= 4 is 23.6 Å². The fourth-order valence-corrected chi connectivity index (χ4v) is 7.26. The van der Waals surface area contributed by atoms with Gasteiger partial charge < -0.3 is 25.6 Å². The molecule has 0 unspecified atom stereocenters. The summed E-state index contributed by atoms with van der Waals surface area (Å²) < 4.78 is 5.55. The molecule has 2 aromatic rings. The fourth-order valence-electron chi connectivity index (χ4n) is 7.26. The molecule has 6 N–H and O–H groups in total. The summed E-state index contributed by atoms with van der Waals surface area (Å²) in [5.74, 6) is 2.79. The number of carbonyl (C=O) groups is 2. The van der Waals surface area contributed by atoms with E-state index >= 15 is 0 Å². The lowest BCUT2D eigenvalue weighted by atomic mass is 9.77. The number of carboxylic acid groups (broad SMARTS) is 2. The van der Waals surface area contributed by atoms with E-state index in [1.54, 1.807) is 48.5 Å². The summed E-state index contributed by atoms with van der Waals surface area (Å²) in [7, 11) is 0. The lowest BCUT2D eigenvalue weighted by Gasteiger charge is -2.45. The lowest BCUT2D eigenvalue weighted by molar-refractivity contribution is 0.137. The quantitative estimate of drug-likeness (QED) is 0.207. The molecule has 240 valence electrons. The van der Waals surface area contributed by atoms with Gasteiger partial charge in [-0.25, -0.2) is 9.59 Å². The first kappa shape index (κ1) is 35.9. The van der Waals surface area contributed by atoms with Gasteiger partial charge in [-0.2, -0.15) is 0 Å². The molecule has 2 heterocycles. The van der Waals surface area contributed by atoms with Crippen LogP contribution in [0.1, 0.15) is 94.9 Å². The zero-order valence-electron chi connectivity index (χ0n) is 27.7. The average Bonchev–Trinajstić information content (AvgIpc) is 2.77. The topological polar surface area (TPSA) is 132 Å². The minimum atomic E-state index is -1.13. The van der Waals surface area contributed by atoms with Crippen LogP contribution in [0.15, 0.2) is 48.5 Å². The fraction of sp³-hybridized carbons (Fsp3) is 0.588. The molecule has 9 heteroatoms. The smallest absolute Gasteiger partial charge is 0.409 e. The second-order valence-corrected chi connectivity index (χ2v) is 14.8. The number of benzene rings is 2. The first-order valence-corrected chi connectivity index (χ1v) is 15.1. The third-order valence-electron chi connectivity index (χ3n) is 7.24. The SMILES string of the molecule is CC1CC(C)(C)NC(C)(C)C1.CC1CC(C)(C)NC(C)(C)C1.O=C(O)Nc1ccc(Oc2ccc(NC(=O)O)cc2)cc1. The van der Waals surface area contributed by atoms with Crippen LogP contribution in [0.2, 0.25) is 0 Å². The maximum absolute atomic E-state index is 10.5. The summed E-state index contributed by atoms with van der Waals surface area (Å²) in [6.07, 6.45) is 2.94. The monoisotopic (exact) mass is 598 g/mol. The molecule has 2 aliphatic heterocycles. The Morgan fingerprint density at radius 2 is 0.860 bits per heavy atom. The zero-order chi connectivity index (χ0) is 32.6. The molecule has 0 saturated carbocycles. The van der Waals surface area contributed by atoms with Crippen molar-refractivity contribution in [3.8, 4) is 11.5 Å². The van der Waals surface area contributed by atoms with Crippen LogP contribution in [0.4, 0.5) is 21.0 Å². The minimum Gasteiger partial charge on any atom is -0.465 e. The van der Waals surface area contributed by atoms with Gasteiger partial charge in [0.2, 0.25) is 0 Å². The Kier molecular flexibility index (Phi) is 12.1. The molecule has 2 amide bonds. The van der Waals surface area contributed by atoms with Gasteiger partial charge in [0.25, 0.3) is 0 Å². The van der Waals surface area contributed by atoms with Crippen LogP contribution < -0.4 is 26.0 Å². The predicted octanol–water partition coefficient (Wildman–Crippen LogP) is 8.78. The van der Waals surface area contributed by atoms with Gasteiger partial charge in [-0.15, -0.1) is 0 Å². The minimum absolute atomic E-state index is 0.334. The van der Waals surface area contributed by atoms with Gasteiger partial charge in [-0.1, -0.05) is 13.8 Å². The Hall–Kier alpha value is -3.30. The molecule has 43 heavy (non-hydrogen) atoms. The van der Waals surface area contributed by atoms with E-state index in [9.17, 15) is 9.59 Å². The van der Waals surface area contributed by atoms with Crippen LogP contribution >= 0.6 is 0 Å². The van der Waals surface area contributed by atoms with E-state index in [1.807, 2.05) is 0 Å². The standard InChI is InChI=1S/C14H12N2O5.2C10H21N/c17-13(18)15-9-1-5-11(6-2-9)21-12-7-3-10(4-8-12)16-14(19)20;2*1-8-6-9(2,3)11-10(4,5)7-8/h1-8,15-16H,(H,17,18)(H,19,20);2*8,11H,6-7H2,1-5H3. The van der Waals surface area contributed by atoms with Crippen LogP contribution in [0, 0.1) is 11.8 Å². The van der Waals surface area contributed by atoms with Crippen molar-refractivity contribution in [2.24, 2.45) is 11.8 Å². The van der Waals surface area contributed by atoms with E-state index in [-0.39, 0.29) is 0 Å². The summed E-state index contributed by atoms with van der Waals surface area (Å²) in [5.41, 5.74) is 2.22. The predicted molar refractivity (Wildman–Crippen MR) is 176 cm³/mol. The third-order valence-corrected chi connectivity index (χ3v) is 7.24. The molecule has 4 rings (SSSR count). The zero-order valence-corrected chi connectivity index (χ0v) is 27.7. The highest BCUT2D eigenvalue weighted by Crippen LogP contribution is 2.33. The maximum Gasteiger partial charge on any atom is 0.409 e. The number of nitrogens with one attached hydrogen (secondary N) is 4. The number of anilines is 2. The van der Waals surface area contributed by atoms with Crippen LogP contribution in [-0.2, 0) is 0 Å². The third kappa shape index (κ3) is 14.1. The molecule has 0 atom stereocenters. The molecular formula is C34H54N4O5. The first-order chi connectivity index (χ1) is 19.6. The Bertz CT molecular complexity index is 1060. The van der Waals surface area contributed by atoms with Crippen LogP contribution in [-0.4, -0.2) is 44.6 Å². The van der Waals surface area contributed by atoms with Crippen molar-refractivity contribution in [2.75, 3.05) is 10.6 Å². The Labute approximate surface area is 258 Å². The molecule has 0 aliphatic carbocycles. The highest BCUT2D eigenvalue weighted by atomic mass is 16.5. The average molecular weight is 599 g/mol. The molecule has 2 saturated heterocycles. The normalized spacial score (nSPS) is 20.2. The number of hydrogen-bond acceptors (Lipinski definition) is 5. The number of amides is 2. The van der Waals surface area contributed by atoms with Crippen LogP contribution in [0.25, 0.3) is 0 Å². The van der Waals surface area contributed by atoms with E-state index in [1.165, 1.54) is 25.7 Å². The van der Waals surface area contributed by atoms with Crippen LogP contribution in [0.3, 0.4) is 0 Å². The van der Waals surface area contributed by atoms with Gasteiger partial charge in [-0.3, -0.25) is 10.6 Å². The van der Waals surface area contributed by atoms with Gasteiger partial charge in [0.1, 0.15) is 11.5 Å². The van der Waals surface area contributed by atoms with Crippen LogP contribution in [0.5, 0.6) is 11.5 Å². The molecule has 0 aromatic heterocycles. The van der Waals surface area contributed by atoms with E-state index in [0.29, 0.717) is 45.0 Å². The molecular weight excluding hydrogens is 544 g/mol. The van der Waals surface area contributed by atoms with E-state index in [0.717, 1.165) is 11.8 Å². The van der Waals surface area contributed by atoms with Crippen molar-refractivity contribution in [1.29, 1.82) is 0 Å². The van der Waals surface area contributed by atoms with Crippen molar-refractivity contribution in [1.82, 2.24) is 10.6 Å². The summed E-state index contributed by atoms with van der Waals surface area (Å²) in [6, 6.07) is 12.8. The van der Waals surface area contributed by atoms with E-state index in [4.69, 9.17) is 14.9 Å². The molecule has 9 nitrogen and oxygen atoms in total. The lowest BCUT2D eigenvalue weighted by Crippen LogP contribution is -2.57. The summed E-state index contributed by atoms with van der Waals surface area (Å²) in [4.78, 5) is 20.9. The number of rotatable bonds is 4. The first-order valence-electron chi connectivity index (χ1n) is 15.1. The Morgan fingerprint density at radius 1 is 0.605 bits per heavy atom. The number of hydrogen-bond donors (Lipinski definition) is 6. The van der Waals surface area contributed by atoms with Crippen molar-refractivity contribution in [3.05, 3.63) is 48.5 Å². The van der Waals surface area contributed by atoms with Crippen molar-refractivity contribution in [2.45, 2.75) is 117 Å². The summed E-state index contributed by atoms with van der Waals surface area (Å²) in [5, 5.41) is 28.9. The Morgan fingerprint density at radius 3 is 1.07 bits per heavy atom. The summed E-state index contributed by atoms with van der Waals surface area (Å²) >= 11 is 0. The summed E-state index contributed by atoms with van der Waals surface area (Å²) in [6.45, 7) is 23.1. The second kappa shape index (κ2) is 14.4. The highest BCUT2D eigenvalue weighted by molar-refractivity contribution is 5.83. The maximum atomic E-state index is 10.5. The van der Waals surface area contributed by atoms with Gasteiger partial charge in [0.05, 0.1) is 0 Å². The second-order valence-electron chi connectivity index (χ2n) is 14.8. The molecule has 2 aromatic carbocycles. The van der Waals surface area contributed by atoms with Gasteiger partial charge in [0.15, 0.2) is 0 Å².